The van der Waals surface area contributed by atoms with Gasteiger partial charge in [-0.05, 0) is 142 Å². The average molecular weight is 880 g/mol. The van der Waals surface area contributed by atoms with E-state index in [9.17, 15) is 0 Å². The van der Waals surface area contributed by atoms with Crippen molar-refractivity contribution in [1.82, 2.24) is 0 Å². The summed E-state index contributed by atoms with van der Waals surface area (Å²) in [5.41, 5.74) is 17.2. The molecule has 0 atom stereocenters. The first-order valence-electron chi connectivity index (χ1n) is 24.0. The second-order valence-corrected chi connectivity index (χ2v) is 19.2. The summed E-state index contributed by atoms with van der Waals surface area (Å²) in [6, 6.07) is 86.8. The Morgan fingerprint density at radius 2 is 0.826 bits per heavy atom. The summed E-state index contributed by atoms with van der Waals surface area (Å²) in [6.45, 7) is 4.70. The molecule has 0 N–H and O–H groups in total. The van der Waals surface area contributed by atoms with Gasteiger partial charge in [-0.25, -0.2) is 0 Å². The topological polar surface area (TPSA) is 16.4 Å². The number of anilines is 3. The first-order valence-corrected chi connectivity index (χ1v) is 24.0. The van der Waals surface area contributed by atoms with Crippen molar-refractivity contribution < 1.29 is 4.42 Å². The molecule has 0 bridgehead atoms. The molecule has 1 aromatic heterocycles. The maximum atomic E-state index is 7.15. The molecule has 0 spiro atoms. The first kappa shape index (κ1) is 39.4. The van der Waals surface area contributed by atoms with Gasteiger partial charge in [0.05, 0.1) is 0 Å². The van der Waals surface area contributed by atoms with Crippen LogP contribution in [0.15, 0.2) is 241 Å². The van der Waals surface area contributed by atoms with Gasteiger partial charge in [0.25, 0.3) is 0 Å². The smallest absolute Gasteiger partial charge is 0.143 e. The van der Waals surface area contributed by atoms with E-state index in [1.54, 1.807) is 0 Å². The van der Waals surface area contributed by atoms with E-state index in [-0.39, 0.29) is 5.41 Å². The number of hydrogen-bond donors (Lipinski definition) is 0. The zero-order chi connectivity index (χ0) is 45.8. The minimum atomic E-state index is -0.135. The number of rotatable bonds is 6. The SMILES string of the molecule is CC1(C)c2ccccc2-c2ccc(N(c3ccc(-c4ccccc4)cc3)c3ccc4c(c3)oc3c(-c5ccc(-c6ccc7c8ccccc8c8ccccc8c7c6)cc5)c5ccccc5cc34)cc21. The molecular formula is C67H45NO. The van der Waals surface area contributed by atoms with Gasteiger partial charge >= 0.3 is 0 Å². The summed E-state index contributed by atoms with van der Waals surface area (Å²) in [4.78, 5) is 2.38. The number of fused-ring (bicyclic) bond motifs is 13. The molecule has 0 fully saturated rings. The van der Waals surface area contributed by atoms with Crippen LogP contribution in [0, 0.1) is 0 Å². The van der Waals surface area contributed by atoms with Gasteiger partial charge in [0.15, 0.2) is 0 Å². The lowest BCUT2D eigenvalue weighted by atomic mass is 9.82. The predicted molar refractivity (Wildman–Crippen MR) is 292 cm³/mol. The molecule has 13 aromatic rings. The summed E-state index contributed by atoms with van der Waals surface area (Å²) in [7, 11) is 0. The highest BCUT2D eigenvalue weighted by molar-refractivity contribution is 6.26. The molecular weight excluding hydrogens is 835 g/mol. The van der Waals surface area contributed by atoms with E-state index in [1.807, 2.05) is 0 Å². The van der Waals surface area contributed by atoms with Crippen LogP contribution in [0.1, 0.15) is 25.0 Å². The Balaban J connectivity index is 0.900. The first-order chi connectivity index (χ1) is 34.0. The van der Waals surface area contributed by atoms with E-state index >= 15 is 0 Å². The number of benzene rings is 12. The van der Waals surface area contributed by atoms with Crippen LogP contribution in [0.5, 0.6) is 0 Å². The van der Waals surface area contributed by atoms with Gasteiger partial charge in [-0.2, -0.15) is 0 Å². The standard InChI is InChI=1S/C67H45NO/c1-67(2)62-23-13-12-22-57(62)58-36-33-49(40-63(58)67)68(48-31-28-43(29-32-48)42-14-4-3-5-15-42)50-34-37-59-61-39-47-16-6-7-17-51(47)65(66(61)69-64(59)41-50)45-26-24-44(25-27-45)46-30-35-56-54-20-9-8-18-52(54)53-19-10-11-21-55(53)60(56)38-46/h3-41H,1-2H3. The molecule has 1 aliphatic carbocycles. The molecule has 14 rings (SSSR count). The van der Waals surface area contributed by atoms with Crippen LogP contribution in [-0.4, -0.2) is 0 Å². The minimum Gasteiger partial charge on any atom is -0.455 e. The zero-order valence-electron chi connectivity index (χ0n) is 38.4. The van der Waals surface area contributed by atoms with Crippen molar-refractivity contribution in [2.24, 2.45) is 0 Å². The van der Waals surface area contributed by atoms with Crippen LogP contribution in [0.4, 0.5) is 17.1 Å². The zero-order valence-corrected chi connectivity index (χ0v) is 38.4. The molecule has 1 heterocycles. The lowest BCUT2D eigenvalue weighted by Crippen LogP contribution is -2.16. The quantitative estimate of drug-likeness (QED) is 0.155. The van der Waals surface area contributed by atoms with Gasteiger partial charge in [-0.15, -0.1) is 0 Å². The van der Waals surface area contributed by atoms with Crippen LogP contribution in [0.3, 0.4) is 0 Å². The number of hydrogen-bond acceptors (Lipinski definition) is 2. The fourth-order valence-electron chi connectivity index (χ4n) is 11.6. The van der Waals surface area contributed by atoms with Crippen molar-refractivity contribution >= 4 is 82.1 Å². The van der Waals surface area contributed by atoms with Gasteiger partial charge in [0.2, 0.25) is 0 Å². The summed E-state index contributed by atoms with van der Waals surface area (Å²) in [6.07, 6.45) is 0. The van der Waals surface area contributed by atoms with Crippen LogP contribution in [0.25, 0.3) is 110 Å². The van der Waals surface area contributed by atoms with E-state index in [4.69, 9.17) is 4.42 Å². The van der Waals surface area contributed by atoms with Gasteiger partial charge in [0, 0.05) is 44.9 Å². The van der Waals surface area contributed by atoms with E-state index in [0.717, 1.165) is 50.1 Å². The second kappa shape index (κ2) is 15.2. The van der Waals surface area contributed by atoms with Crippen LogP contribution in [0.2, 0.25) is 0 Å². The van der Waals surface area contributed by atoms with Gasteiger partial charge < -0.3 is 9.32 Å². The molecule has 0 saturated carbocycles. The highest BCUT2D eigenvalue weighted by atomic mass is 16.3. The molecule has 12 aromatic carbocycles. The van der Waals surface area contributed by atoms with E-state index in [0.29, 0.717) is 0 Å². The third-order valence-electron chi connectivity index (χ3n) is 15.0. The van der Waals surface area contributed by atoms with Crippen LogP contribution < -0.4 is 4.90 Å². The molecule has 69 heavy (non-hydrogen) atoms. The fraction of sp³-hybridized carbons (Fsp3) is 0.0448. The Morgan fingerprint density at radius 3 is 1.58 bits per heavy atom. The largest absolute Gasteiger partial charge is 0.455 e. The normalized spacial score (nSPS) is 12.9. The fourth-order valence-corrected chi connectivity index (χ4v) is 11.6. The molecule has 2 heteroatoms. The lowest BCUT2D eigenvalue weighted by molar-refractivity contribution is 0.660. The number of nitrogens with zero attached hydrogens (tertiary/aromatic N) is 1. The molecule has 0 saturated heterocycles. The molecule has 0 amide bonds. The van der Waals surface area contributed by atoms with Gasteiger partial charge in [-0.1, -0.05) is 196 Å². The molecule has 0 aliphatic heterocycles. The van der Waals surface area contributed by atoms with Crippen molar-refractivity contribution in [3.05, 3.63) is 248 Å². The van der Waals surface area contributed by atoms with E-state index in [1.165, 1.54) is 87.6 Å². The Morgan fingerprint density at radius 1 is 0.319 bits per heavy atom. The Kier molecular flexibility index (Phi) is 8.66. The Bertz CT molecular complexity index is 4160. The van der Waals surface area contributed by atoms with Gasteiger partial charge in [-0.3, -0.25) is 0 Å². The Hall–Kier alpha value is -8.72. The van der Waals surface area contributed by atoms with Crippen LogP contribution >= 0.6 is 0 Å². The maximum absolute atomic E-state index is 7.15. The summed E-state index contributed by atoms with van der Waals surface area (Å²) in [5.74, 6) is 0. The summed E-state index contributed by atoms with van der Waals surface area (Å²) >= 11 is 0. The monoisotopic (exact) mass is 879 g/mol. The maximum Gasteiger partial charge on any atom is 0.143 e. The highest BCUT2D eigenvalue weighted by Crippen LogP contribution is 2.51. The van der Waals surface area contributed by atoms with Crippen molar-refractivity contribution in [2.45, 2.75) is 19.3 Å². The van der Waals surface area contributed by atoms with Crippen molar-refractivity contribution in [3.63, 3.8) is 0 Å². The lowest BCUT2D eigenvalue weighted by Gasteiger charge is -2.28. The molecule has 0 radical (unpaired) electrons. The van der Waals surface area contributed by atoms with Crippen molar-refractivity contribution in [1.29, 1.82) is 0 Å². The van der Waals surface area contributed by atoms with E-state index < -0.39 is 0 Å². The molecule has 2 nitrogen and oxygen atoms in total. The highest BCUT2D eigenvalue weighted by Gasteiger charge is 2.36. The molecule has 1 aliphatic rings. The minimum absolute atomic E-state index is 0.135. The number of furan rings is 1. The van der Waals surface area contributed by atoms with Crippen molar-refractivity contribution in [2.75, 3.05) is 4.90 Å². The Labute approximate surface area is 401 Å². The molecule has 324 valence electrons. The second-order valence-electron chi connectivity index (χ2n) is 19.2. The van der Waals surface area contributed by atoms with E-state index in [2.05, 4.69) is 255 Å². The third kappa shape index (κ3) is 6.12. The van der Waals surface area contributed by atoms with Crippen molar-refractivity contribution in [3.8, 4) is 44.5 Å². The molecule has 0 unspecified atom stereocenters. The summed E-state index contributed by atoms with van der Waals surface area (Å²) < 4.78 is 7.15. The third-order valence-corrected chi connectivity index (χ3v) is 15.0. The summed E-state index contributed by atoms with van der Waals surface area (Å²) in [5, 5.41) is 12.3. The van der Waals surface area contributed by atoms with Gasteiger partial charge in [0.1, 0.15) is 11.2 Å². The van der Waals surface area contributed by atoms with Crippen LogP contribution in [-0.2, 0) is 5.41 Å². The average Bonchev–Trinajstić information content (AvgIpc) is 3.88. The predicted octanol–water partition coefficient (Wildman–Crippen LogP) is 19.0.